The quantitative estimate of drug-likeness (QED) is 0.776. The zero-order valence-corrected chi connectivity index (χ0v) is 9.50. The molecule has 1 aromatic rings. The van der Waals surface area contributed by atoms with Crippen molar-refractivity contribution >= 4 is 5.82 Å². The molecule has 1 aliphatic rings. The molecule has 1 aromatic heterocycles. The fourth-order valence-corrected chi connectivity index (χ4v) is 2.04. The lowest BCUT2D eigenvalue weighted by molar-refractivity contribution is 0.0969. The maximum absolute atomic E-state index is 9.64. The summed E-state index contributed by atoms with van der Waals surface area (Å²) in [5, 5.41) is 18.6. The third-order valence-corrected chi connectivity index (χ3v) is 3.18. The number of aromatic nitrogens is 1. The van der Waals surface area contributed by atoms with Crippen molar-refractivity contribution < 1.29 is 10.2 Å². The Morgan fingerprint density at radius 1 is 1.50 bits per heavy atom. The van der Waals surface area contributed by atoms with Crippen molar-refractivity contribution in [2.75, 3.05) is 18.0 Å². The second-order valence-corrected chi connectivity index (χ2v) is 4.46. The average molecular weight is 222 g/mol. The summed E-state index contributed by atoms with van der Waals surface area (Å²) in [6.45, 7) is 3.77. The van der Waals surface area contributed by atoms with Gasteiger partial charge in [-0.15, -0.1) is 0 Å². The highest BCUT2D eigenvalue weighted by molar-refractivity contribution is 5.39. The third-order valence-electron chi connectivity index (χ3n) is 3.18. The largest absolute Gasteiger partial charge is 0.393 e. The van der Waals surface area contributed by atoms with Crippen LogP contribution in [0.1, 0.15) is 18.9 Å². The molecule has 2 N–H and O–H groups in total. The maximum Gasteiger partial charge on any atom is 0.128 e. The first kappa shape index (κ1) is 11.4. The normalized spacial score (nSPS) is 25.8. The SMILES string of the molecule is CC1CN(c2ccc(CO)cn2)CCC1O. The number of hydrogen-bond donors (Lipinski definition) is 2. The molecule has 2 atom stereocenters. The monoisotopic (exact) mass is 222 g/mol. The Morgan fingerprint density at radius 3 is 2.88 bits per heavy atom. The number of piperidine rings is 1. The summed E-state index contributed by atoms with van der Waals surface area (Å²) < 4.78 is 0. The van der Waals surface area contributed by atoms with E-state index in [1.807, 2.05) is 12.1 Å². The summed E-state index contributed by atoms with van der Waals surface area (Å²) in [4.78, 5) is 6.50. The Hall–Kier alpha value is -1.13. The minimum Gasteiger partial charge on any atom is -0.393 e. The van der Waals surface area contributed by atoms with Gasteiger partial charge in [-0.25, -0.2) is 4.98 Å². The summed E-state index contributed by atoms with van der Waals surface area (Å²) in [6, 6.07) is 3.81. The molecule has 0 bridgehead atoms. The van der Waals surface area contributed by atoms with Crippen LogP contribution in [0.4, 0.5) is 5.82 Å². The van der Waals surface area contributed by atoms with E-state index in [1.54, 1.807) is 6.20 Å². The fourth-order valence-electron chi connectivity index (χ4n) is 2.04. The summed E-state index contributed by atoms with van der Waals surface area (Å²) >= 11 is 0. The zero-order valence-electron chi connectivity index (χ0n) is 9.50. The van der Waals surface area contributed by atoms with Crippen LogP contribution in [0, 0.1) is 5.92 Å². The van der Waals surface area contributed by atoms with E-state index >= 15 is 0 Å². The van der Waals surface area contributed by atoms with Crippen LogP contribution in [0.2, 0.25) is 0 Å². The molecule has 4 heteroatoms. The number of nitrogens with zero attached hydrogens (tertiary/aromatic N) is 2. The van der Waals surface area contributed by atoms with Gasteiger partial charge in [-0.3, -0.25) is 0 Å². The average Bonchev–Trinajstić information content (AvgIpc) is 2.33. The van der Waals surface area contributed by atoms with Crippen LogP contribution in [0.3, 0.4) is 0 Å². The van der Waals surface area contributed by atoms with E-state index in [0.717, 1.165) is 30.9 Å². The number of anilines is 1. The van der Waals surface area contributed by atoms with Crippen molar-refractivity contribution in [1.29, 1.82) is 0 Å². The molecule has 2 rings (SSSR count). The van der Waals surface area contributed by atoms with Gasteiger partial charge in [-0.2, -0.15) is 0 Å². The van der Waals surface area contributed by atoms with Gasteiger partial charge in [0.15, 0.2) is 0 Å². The predicted molar refractivity (Wildman–Crippen MR) is 62.2 cm³/mol. The Bertz CT molecular complexity index is 339. The number of rotatable bonds is 2. The lowest BCUT2D eigenvalue weighted by Crippen LogP contribution is -2.42. The third kappa shape index (κ3) is 2.33. The molecule has 0 saturated carbocycles. The van der Waals surface area contributed by atoms with E-state index < -0.39 is 0 Å². The molecule has 0 radical (unpaired) electrons. The van der Waals surface area contributed by atoms with Crippen molar-refractivity contribution in [2.24, 2.45) is 5.92 Å². The topological polar surface area (TPSA) is 56.6 Å². The van der Waals surface area contributed by atoms with Crippen molar-refractivity contribution in [1.82, 2.24) is 4.98 Å². The first-order valence-corrected chi connectivity index (χ1v) is 5.69. The van der Waals surface area contributed by atoms with Crippen molar-refractivity contribution in [3.8, 4) is 0 Å². The molecule has 1 fully saturated rings. The van der Waals surface area contributed by atoms with Gasteiger partial charge in [-0.1, -0.05) is 13.0 Å². The van der Waals surface area contributed by atoms with Gasteiger partial charge in [0.1, 0.15) is 5.82 Å². The van der Waals surface area contributed by atoms with Crippen LogP contribution >= 0.6 is 0 Å². The molecular formula is C12H18N2O2. The first-order valence-electron chi connectivity index (χ1n) is 5.69. The van der Waals surface area contributed by atoms with Gasteiger partial charge in [0.25, 0.3) is 0 Å². The van der Waals surface area contributed by atoms with Crippen LogP contribution in [0.5, 0.6) is 0 Å². The maximum atomic E-state index is 9.64. The number of aliphatic hydroxyl groups is 2. The first-order chi connectivity index (χ1) is 7.70. The summed E-state index contributed by atoms with van der Waals surface area (Å²) in [6.07, 6.45) is 2.31. The van der Waals surface area contributed by atoms with Gasteiger partial charge in [-0.05, 0) is 24.0 Å². The van der Waals surface area contributed by atoms with E-state index in [1.165, 1.54) is 0 Å². The highest BCUT2D eigenvalue weighted by Gasteiger charge is 2.24. The van der Waals surface area contributed by atoms with E-state index in [4.69, 9.17) is 5.11 Å². The molecule has 0 aromatic carbocycles. The Morgan fingerprint density at radius 2 is 2.31 bits per heavy atom. The van der Waals surface area contributed by atoms with Crippen LogP contribution in [-0.4, -0.2) is 34.4 Å². The van der Waals surface area contributed by atoms with Crippen LogP contribution in [0.15, 0.2) is 18.3 Å². The lowest BCUT2D eigenvalue weighted by Gasteiger charge is -2.35. The Kier molecular flexibility index (Phi) is 3.41. The van der Waals surface area contributed by atoms with E-state index in [-0.39, 0.29) is 18.6 Å². The number of aliphatic hydroxyl groups excluding tert-OH is 2. The Labute approximate surface area is 95.5 Å². The van der Waals surface area contributed by atoms with Gasteiger partial charge in [0.2, 0.25) is 0 Å². The molecule has 1 saturated heterocycles. The van der Waals surface area contributed by atoms with Gasteiger partial charge >= 0.3 is 0 Å². The summed E-state index contributed by atoms with van der Waals surface area (Å²) in [5.74, 6) is 1.21. The van der Waals surface area contributed by atoms with Gasteiger partial charge < -0.3 is 15.1 Å². The molecule has 2 unspecified atom stereocenters. The smallest absolute Gasteiger partial charge is 0.128 e. The molecule has 1 aliphatic heterocycles. The van der Waals surface area contributed by atoms with Crippen LogP contribution in [-0.2, 0) is 6.61 Å². The minimum atomic E-state index is -0.187. The highest BCUT2D eigenvalue weighted by atomic mass is 16.3. The van der Waals surface area contributed by atoms with Crippen molar-refractivity contribution in [3.63, 3.8) is 0 Å². The van der Waals surface area contributed by atoms with Crippen LogP contribution in [0.25, 0.3) is 0 Å². The van der Waals surface area contributed by atoms with E-state index in [9.17, 15) is 5.11 Å². The van der Waals surface area contributed by atoms with E-state index in [2.05, 4.69) is 16.8 Å². The highest BCUT2D eigenvalue weighted by Crippen LogP contribution is 2.21. The van der Waals surface area contributed by atoms with Crippen molar-refractivity contribution in [3.05, 3.63) is 23.9 Å². The molecule has 16 heavy (non-hydrogen) atoms. The zero-order chi connectivity index (χ0) is 11.5. The van der Waals surface area contributed by atoms with Gasteiger partial charge in [0, 0.05) is 19.3 Å². The lowest BCUT2D eigenvalue weighted by atomic mass is 9.97. The number of hydrogen-bond acceptors (Lipinski definition) is 4. The molecule has 0 aliphatic carbocycles. The predicted octanol–water partition coefficient (Wildman–Crippen LogP) is 0.781. The van der Waals surface area contributed by atoms with Crippen molar-refractivity contribution in [2.45, 2.75) is 26.1 Å². The van der Waals surface area contributed by atoms with Gasteiger partial charge in [0.05, 0.1) is 12.7 Å². The minimum absolute atomic E-state index is 0.0302. The van der Waals surface area contributed by atoms with E-state index in [0.29, 0.717) is 0 Å². The molecule has 0 amide bonds. The molecule has 2 heterocycles. The second-order valence-electron chi connectivity index (χ2n) is 4.46. The Balaban J connectivity index is 2.06. The molecule has 88 valence electrons. The second kappa shape index (κ2) is 4.80. The number of pyridine rings is 1. The summed E-state index contributed by atoms with van der Waals surface area (Å²) in [5.41, 5.74) is 0.828. The summed E-state index contributed by atoms with van der Waals surface area (Å²) in [7, 11) is 0. The molecule has 4 nitrogen and oxygen atoms in total. The van der Waals surface area contributed by atoms with Crippen LogP contribution < -0.4 is 4.90 Å². The standard InChI is InChI=1S/C12H18N2O2/c1-9-7-14(5-4-11(9)16)12-3-2-10(8-15)6-13-12/h2-3,6,9,11,15-16H,4-5,7-8H2,1H3. The molecule has 0 spiro atoms. The molecular weight excluding hydrogens is 204 g/mol. The fraction of sp³-hybridized carbons (Fsp3) is 0.583.